The lowest BCUT2D eigenvalue weighted by molar-refractivity contribution is -0.118. The van der Waals surface area contributed by atoms with Gasteiger partial charge in [-0.15, -0.1) is 0 Å². The number of thioether (sulfide) groups is 1. The van der Waals surface area contributed by atoms with Gasteiger partial charge in [0.25, 0.3) is 5.56 Å². The van der Waals surface area contributed by atoms with Gasteiger partial charge < -0.3 is 10.1 Å². The van der Waals surface area contributed by atoms with E-state index in [9.17, 15) is 9.59 Å². The van der Waals surface area contributed by atoms with Crippen LogP contribution in [-0.4, -0.2) is 33.3 Å². The molecular formula is C18H17BrN4O3S. The van der Waals surface area contributed by atoms with Gasteiger partial charge in [-0.2, -0.15) is 0 Å². The summed E-state index contributed by atoms with van der Waals surface area (Å²) in [5, 5.41) is 3.10. The highest BCUT2D eigenvalue weighted by molar-refractivity contribution is 9.10. The molecule has 1 N–H and O–H groups in total. The van der Waals surface area contributed by atoms with Crippen molar-refractivity contribution in [3.05, 3.63) is 56.9 Å². The second-order valence-corrected chi connectivity index (χ2v) is 7.53. The number of hydrogen-bond donors (Lipinski definition) is 1. The fourth-order valence-electron chi connectivity index (χ4n) is 2.49. The number of rotatable bonds is 6. The van der Waals surface area contributed by atoms with E-state index in [0.717, 1.165) is 21.8 Å². The zero-order chi connectivity index (χ0) is 19.4. The van der Waals surface area contributed by atoms with Crippen LogP contribution >= 0.6 is 27.7 Å². The van der Waals surface area contributed by atoms with Crippen molar-refractivity contribution in [3.63, 3.8) is 0 Å². The van der Waals surface area contributed by atoms with Crippen molar-refractivity contribution < 1.29 is 9.53 Å². The van der Waals surface area contributed by atoms with Crippen LogP contribution in [0.15, 0.2) is 50.8 Å². The van der Waals surface area contributed by atoms with E-state index in [0.29, 0.717) is 23.5 Å². The third-order valence-corrected chi connectivity index (χ3v) is 5.29. The van der Waals surface area contributed by atoms with E-state index in [1.54, 1.807) is 32.5 Å². The molecule has 0 unspecified atom stereocenters. The number of benzene rings is 1. The minimum atomic E-state index is -0.271. The molecule has 0 fully saturated rings. The molecule has 3 aromatic rings. The Balaban J connectivity index is 1.66. The van der Waals surface area contributed by atoms with E-state index in [-0.39, 0.29) is 22.2 Å². The Labute approximate surface area is 168 Å². The molecule has 0 aliphatic heterocycles. The summed E-state index contributed by atoms with van der Waals surface area (Å²) < 4.78 is 7.64. The van der Waals surface area contributed by atoms with Crippen molar-refractivity contribution >= 4 is 44.8 Å². The van der Waals surface area contributed by atoms with Gasteiger partial charge in [-0.05, 0) is 30.3 Å². The molecule has 9 heteroatoms. The highest BCUT2D eigenvalue weighted by Crippen LogP contribution is 2.23. The van der Waals surface area contributed by atoms with E-state index in [2.05, 4.69) is 31.2 Å². The van der Waals surface area contributed by atoms with Crippen LogP contribution in [-0.2, 0) is 18.4 Å². The number of carbonyl (C=O) groups is 1. The summed E-state index contributed by atoms with van der Waals surface area (Å²) >= 11 is 4.51. The monoisotopic (exact) mass is 448 g/mol. The average Bonchev–Trinajstić information content (AvgIpc) is 2.68. The van der Waals surface area contributed by atoms with Crippen LogP contribution < -0.4 is 15.6 Å². The van der Waals surface area contributed by atoms with Crippen molar-refractivity contribution in [1.82, 2.24) is 19.9 Å². The Morgan fingerprint density at radius 1 is 1.37 bits per heavy atom. The minimum absolute atomic E-state index is 0.0876. The Bertz CT molecular complexity index is 1050. The summed E-state index contributed by atoms with van der Waals surface area (Å²) in [6.45, 7) is 0.328. The molecule has 0 atom stereocenters. The smallest absolute Gasteiger partial charge is 0.284 e. The number of amides is 1. The fourth-order valence-corrected chi connectivity index (χ4v) is 3.69. The Morgan fingerprint density at radius 3 is 2.96 bits per heavy atom. The van der Waals surface area contributed by atoms with Gasteiger partial charge in [-0.3, -0.25) is 14.2 Å². The quantitative estimate of drug-likeness (QED) is 0.583. The summed E-state index contributed by atoms with van der Waals surface area (Å²) in [4.78, 5) is 33.1. The largest absolute Gasteiger partial charge is 0.496 e. The molecule has 0 radical (unpaired) electrons. The molecule has 2 aromatic heterocycles. The van der Waals surface area contributed by atoms with Crippen molar-refractivity contribution in [2.75, 3.05) is 12.9 Å². The first-order chi connectivity index (χ1) is 13.0. The van der Waals surface area contributed by atoms with Gasteiger partial charge in [-0.25, -0.2) is 9.97 Å². The van der Waals surface area contributed by atoms with Gasteiger partial charge in [0, 0.05) is 29.8 Å². The first kappa shape index (κ1) is 19.4. The van der Waals surface area contributed by atoms with E-state index in [1.165, 1.54) is 4.57 Å². The molecule has 7 nitrogen and oxygen atoms in total. The van der Waals surface area contributed by atoms with E-state index in [4.69, 9.17) is 4.74 Å². The van der Waals surface area contributed by atoms with Crippen molar-refractivity contribution in [2.45, 2.75) is 11.6 Å². The summed E-state index contributed by atoms with van der Waals surface area (Å²) in [5.74, 6) is 0.588. The van der Waals surface area contributed by atoms with Gasteiger partial charge in [0.15, 0.2) is 10.7 Å². The van der Waals surface area contributed by atoms with Gasteiger partial charge in [0.2, 0.25) is 5.91 Å². The number of ether oxygens (including phenoxy) is 1. The number of fused-ring (bicyclic) bond motifs is 1. The first-order valence-electron chi connectivity index (χ1n) is 8.03. The zero-order valence-electron chi connectivity index (χ0n) is 14.7. The molecule has 0 bridgehead atoms. The lowest BCUT2D eigenvalue weighted by atomic mass is 10.2. The highest BCUT2D eigenvalue weighted by atomic mass is 79.9. The Hall–Kier alpha value is -2.39. The number of hydrogen-bond acceptors (Lipinski definition) is 6. The summed E-state index contributed by atoms with van der Waals surface area (Å²) in [5.41, 5.74) is 1.71. The Morgan fingerprint density at radius 2 is 2.19 bits per heavy atom. The van der Waals surface area contributed by atoms with Gasteiger partial charge in [0.1, 0.15) is 11.3 Å². The molecule has 0 aliphatic rings. The van der Waals surface area contributed by atoms with Crippen molar-refractivity contribution in [3.8, 4) is 5.75 Å². The van der Waals surface area contributed by atoms with Crippen LogP contribution in [0.4, 0.5) is 0 Å². The van der Waals surface area contributed by atoms with Crippen LogP contribution in [0.25, 0.3) is 11.2 Å². The van der Waals surface area contributed by atoms with Gasteiger partial charge in [0.05, 0.1) is 12.9 Å². The van der Waals surface area contributed by atoms with Gasteiger partial charge >= 0.3 is 0 Å². The van der Waals surface area contributed by atoms with E-state index in [1.807, 2.05) is 18.2 Å². The Kier molecular flexibility index (Phi) is 6.12. The lowest BCUT2D eigenvalue weighted by Crippen LogP contribution is -2.26. The van der Waals surface area contributed by atoms with E-state index < -0.39 is 0 Å². The molecule has 2 heterocycles. The third-order valence-electron chi connectivity index (χ3n) is 3.85. The molecule has 1 aromatic carbocycles. The van der Waals surface area contributed by atoms with E-state index >= 15 is 0 Å². The van der Waals surface area contributed by atoms with Gasteiger partial charge in [-0.1, -0.05) is 27.7 Å². The average molecular weight is 449 g/mol. The number of halogens is 1. The number of nitrogens with zero attached hydrogens (tertiary/aromatic N) is 3. The lowest BCUT2D eigenvalue weighted by Gasteiger charge is -2.10. The molecule has 0 saturated carbocycles. The summed E-state index contributed by atoms with van der Waals surface area (Å²) in [6, 6.07) is 9.13. The van der Waals surface area contributed by atoms with Crippen LogP contribution in [0.2, 0.25) is 0 Å². The SMILES string of the molecule is COc1ccc(Br)cc1CNC(=O)CSc1nc2cccnc2n(C)c1=O. The first-order valence-corrected chi connectivity index (χ1v) is 9.81. The second-order valence-electron chi connectivity index (χ2n) is 5.65. The molecule has 27 heavy (non-hydrogen) atoms. The topological polar surface area (TPSA) is 86.1 Å². The molecule has 140 valence electrons. The number of nitrogens with one attached hydrogen (secondary N) is 1. The summed E-state index contributed by atoms with van der Waals surface area (Å²) in [6.07, 6.45) is 1.61. The standard InChI is InChI=1S/C18H17BrN4O3S/c1-23-16-13(4-3-7-20-16)22-17(18(23)25)27-10-15(24)21-9-11-8-12(19)5-6-14(11)26-2/h3-8H,9-10H2,1-2H3,(H,21,24). The molecule has 0 spiro atoms. The van der Waals surface area contributed by atoms with Crippen molar-refractivity contribution in [2.24, 2.45) is 7.05 Å². The molecular weight excluding hydrogens is 432 g/mol. The van der Waals surface area contributed by atoms with Crippen LogP contribution in [0.3, 0.4) is 0 Å². The molecule has 3 rings (SSSR count). The fraction of sp³-hybridized carbons (Fsp3) is 0.222. The molecule has 0 saturated heterocycles. The number of pyridine rings is 1. The predicted octanol–water partition coefficient (Wildman–Crippen LogP) is 2.51. The maximum atomic E-state index is 12.4. The maximum Gasteiger partial charge on any atom is 0.284 e. The second kappa shape index (κ2) is 8.53. The number of carbonyl (C=O) groups excluding carboxylic acids is 1. The molecule has 0 aliphatic carbocycles. The predicted molar refractivity (Wildman–Crippen MR) is 108 cm³/mol. The minimum Gasteiger partial charge on any atom is -0.496 e. The normalized spacial score (nSPS) is 10.8. The summed E-state index contributed by atoms with van der Waals surface area (Å²) in [7, 11) is 3.23. The zero-order valence-corrected chi connectivity index (χ0v) is 17.1. The third kappa shape index (κ3) is 4.48. The molecule has 1 amide bonds. The van der Waals surface area contributed by atoms with Crippen LogP contribution in [0.5, 0.6) is 5.75 Å². The number of aromatic nitrogens is 3. The highest BCUT2D eigenvalue weighted by Gasteiger charge is 2.12. The van der Waals surface area contributed by atoms with Crippen LogP contribution in [0.1, 0.15) is 5.56 Å². The maximum absolute atomic E-state index is 12.4. The number of aryl methyl sites for hydroxylation is 1. The number of methoxy groups -OCH3 is 1. The van der Waals surface area contributed by atoms with Crippen molar-refractivity contribution in [1.29, 1.82) is 0 Å². The van der Waals surface area contributed by atoms with Crippen LogP contribution in [0, 0.1) is 0 Å².